The molecule has 0 aliphatic carbocycles. The molecule has 0 spiro atoms. The summed E-state index contributed by atoms with van der Waals surface area (Å²) in [5, 5.41) is 3.25. The summed E-state index contributed by atoms with van der Waals surface area (Å²) in [4.78, 5) is 0. The molecular formula is C18H22FN. The van der Waals surface area contributed by atoms with E-state index in [-0.39, 0.29) is 5.82 Å². The molecule has 0 amide bonds. The molecule has 0 fully saturated rings. The molecule has 0 bridgehead atoms. The molecule has 1 N–H and O–H groups in total. The van der Waals surface area contributed by atoms with Gasteiger partial charge in [-0.1, -0.05) is 44.2 Å². The van der Waals surface area contributed by atoms with Crippen LogP contribution < -0.4 is 5.32 Å². The Hall–Kier alpha value is -1.67. The summed E-state index contributed by atoms with van der Waals surface area (Å²) in [5.74, 6) is -0.135. The van der Waals surface area contributed by atoms with E-state index in [1.54, 1.807) is 6.07 Å². The van der Waals surface area contributed by atoms with Crippen molar-refractivity contribution >= 4 is 0 Å². The van der Waals surface area contributed by atoms with Crippen LogP contribution in [-0.2, 0) is 13.0 Å². The predicted octanol–water partition coefficient (Wildman–Crippen LogP) is 4.55. The minimum absolute atomic E-state index is 0.135. The van der Waals surface area contributed by atoms with E-state index in [0.29, 0.717) is 6.54 Å². The average Bonchev–Trinajstić information content (AvgIpc) is 2.49. The van der Waals surface area contributed by atoms with Crippen molar-refractivity contribution in [1.82, 2.24) is 5.32 Å². The summed E-state index contributed by atoms with van der Waals surface area (Å²) >= 11 is 0. The lowest BCUT2D eigenvalue weighted by atomic mass is 10.00. The van der Waals surface area contributed by atoms with Gasteiger partial charge in [-0.3, -0.25) is 0 Å². The summed E-state index contributed by atoms with van der Waals surface area (Å²) in [7, 11) is 0. The van der Waals surface area contributed by atoms with Crippen molar-refractivity contribution in [1.29, 1.82) is 0 Å². The number of halogens is 1. The first-order valence-electron chi connectivity index (χ1n) is 7.33. The first-order valence-corrected chi connectivity index (χ1v) is 7.33. The molecule has 0 saturated heterocycles. The lowest BCUT2D eigenvalue weighted by Gasteiger charge is -2.09. The van der Waals surface area contributed by atoms with Crippen molar-refractivity contribution in [3.63, 3.8) is 0 Å². The molecule has 0 atom stereocenters. The molecule has 0 heterocycles. The van der Waals surface area contributed by atoms with E-state index in [1.807, 2.05) is 12.1 Å². The number of hydrogen-bond acceptors (Lipinski definition) is 1. The maximum atomic E-state index is 13.8. The highest BCUT2D eigenvalue weighted by Crippen LogP contribution is 2.23. The van der Waals surface area contributed by atoms with Gasteiger partial charge in [0.1, 0.15) is 5.82 Å². The van der Waals surface area contributed by atoms with Crippen LogP contribution in [0.2, 0.25) is 0 Å². The summed E-state index contributed by atoms with van der Waals surface area (Å²) in [6.45, 7) is 5.75. The quantitative estimate of drug-likeness (QED) is 0.760. The summed E-state index contributed by atoms with van der Waals surface area (Å²) in [6, 6.07) is 13.8. The lowest BCUT2D eigenvalue weighted by molar-refractivity contribution is 0.587. The molecule has 2 aromatic carbocycles. The zero-order valence-corrected chi connectivity index (χ0v) is 12.2. The minimum atomic E-state index is -0.135. The summed E-state index contributed by atoms with van der Waals surface area (Å²) in [5.41, 5.74) is 4.27. The van der Waals surface area contributed by atoms with Gasteiger partial charge in [0, 0.05) is 12.1 Å². The van der Waals surface area contributed by atoms with Crippen molar-refractivity contribution < 1.29 is 4.39 Å². The predicted molar refractivity (Wildman–Crippen MR) is 83.2 cm³/mol. The van der Waals surface area contributed by atoms with Crippen LogP contribution in [0.5, 0.6) is 0 Å². The molecule has 106 valence electrons. The zero-order valence-electron chi connectivity index (χ0n) is 12.2. The average molecular weight is 271 g/mol. The Labute approximate surface area is 120 Å². The summed E-state index contributed by atoms with van der Waals surface area (Å²) in [6.07, 6.45) is 2.07. The van der Waals surface area contributed by atoms with Crippen LogP contribution in [0.3, 0.4) is 0 Å². The number of hydrogen-bond donors (Lipinski definition) is 1. The fourth-order valence-corrected chi connectivity index (χ4v) is 2.26. The number of rotatable bonds is 6. The van der Waals surface area contributed by atoms with Gasteiger partial charge in [-0.25, -0.2) is 4.39 Å². The van der Waals surface area contributed by atoms with Gasteiger partial charge in [0.2, 0.25) is 0 Å². The Morgan fingerprint density at radius 1 is 1.00 bits per heavy atom. The highest BCUT2D eigenvalue weighted by atomic mass is 19.1. The highest BCUT2D eigenvalue weighted by Gasteiger charge is 2.05. The van der Waals surface area contributed by atoms with E-state index in [9.17, 15) is 4.39 Å². The van der Waals surface area contributed by atoms with Gasteiger partial charge in [-0.2, -0.15) is 0 Å². The third-order valence-electron chi connectivity index (χ3n) is 3.46. The van der Waals surface area contributed by atoms with E-state index in [2.05, 4.69) is 43.4 Å². The van der Waals surface area contributed by atoms with Crippen LogP contribution in [0, 0.1) is 5.82 Å². The molecule has 0 radical (unpaired) electrons. The van der Waals surface area contributed by atoms with Gasteiger partial charge in [0.05, 0.1) is 0 Å². The summed E-state index contributed by atoms with van der Waals surface area (Å²) < 4.78 is 13.8. The molecule has 0 saturated carbocycles. The fourth-order valence-electron chi connectivity index (χ4n) is 2.26. The van der Waals surface area contributed by atoms with Crippen LogP contribution in [-0.4, -0.2) is 6.54 Å². The Morgan fingerprint density at radius 2 is 1.80 bits per heavy atom. The molecule has 1 nitrogen and oxygen atoms in total. The van der Waals surface area contributed by atoms with Gasteiger partial charge in [0.25, 0.3) is 0 Å². The van der Waals surface area contributed by atoms with E-state index >= 15 is 0 Å². The molecule has 2 aromatic rings. The van der Waals surface area contributed by atoms with Crippen LogP contribution in [0.15, 0.2) is 42.5 Å². The maximum Gasteiger partial charge on any atom is 0.127 e. The Balaban J connectivity index is 2.25. The largest absolute Gasteiger partial charge is 0.313 e. The highest BCUT2D eigenvalue weighted by molar-refractivity contribution is 5.65. The van der Waals surface area contributed by atoms with Gasteiger partial charge < -0.3 is 5.32 Å². The SMILES string of the molecule is CCCNCc1cc(-c2cccc(CC)c2)ccc1F. The smallest absolute Gasteiger partial charge is 0.127 e. The second-order valence-corrected chi connectivity index (χ2v) is 5.04. The molecule has 2 heteroatoms. The standard InChI is InChI=1S/C18H22FN/c1-3-10-20-13-17-12-16(8-9-18(17)19)15-7-5-6-14(4-2)11-15/h5-9,11-12,20H,3-4,10,13H2,1-2H3. The molecule has 2 rings (SSSR count). The van der Waals surface area contributed by atoms with Gasteiger partial charge in [-0.05, 0) is 48.2 Å². The van der Waals surface area contributed by atoms with Gasteiger partial charge in [0.15, 0.2) is 0 Å². The fraction of sp³-hybridized carbons (Fsp3) is 0.333. The minimum Gasteiger partial charge on any atom is -0.313 e. The third kappa shape index (κ3) is 3.67. The van der Waals surface area contributed by atoms with Crippen molar-refractivity contribution in [3.05, 3.63) is 59.4 Å². The molecule has 0 aliphatic rings. The van der Waals surface area contributed by atoms with Crippen LogP contribution >= 0.6 is 0 Å². The van der Waals surface area contributed by atoms with E-state index in [1.165, 1.54) is 5.56 Å². The molecule has 0 aliphatic heterocycles. The van der Waals surface area contributed by atoms with Crippen LogP contribution in [0.25, 0.3) is 11.1 Å². The zero-order chi connectivity index (χ0) is 14.4. The van der Waals surface area contributed by atoms with Crippen molar-refractivity contribution in [2.24, 2.45) is 0 Å². The molecule has 20 heavy (non-hydrogen) atoms. The van der Waals surface area contributed by atoms with Crippen LogP contribution in [0.4, 0.5) is 4.39 Å². The third-order valence-corrected chi connectivity index (χ3v) is 3.46. The van der Waals surface area contributed by atoms with Crippen molar-refractivity contribution in [2.75, 3.05) is 6.54 Å². The van der Waals surface area contributed by atoms with Crippen molar-refractivity contribution in [2.45, 2.75) is 33.2 Å². The number of nitrogens with one attached hydrogen (secondary N) is 1. The van der Waals surface area contributed by atoms with E-state index in [4.69, 9.17) is 0 Å². The Kier molecular flexibility index (Phi) is 5.31. The second-order valence-electron chi connectivity index (χ2n) is 5.04. The number of benzene rings is 2. The monoisotopic (exact) mass is 271 g/mol. The van der Waals surface area contributed by atoms with Gasteiger partial charge >= 0.3 is 0 Å². The normalized spacial score (nSPS) is 10.8. The molecule has 0 aromatic heterocycles. The Morgan fingerprint density at radius 3 is 2.55 bits per heavy atom. The van der Waals surface area contributed by atoms with Crippen molar-refractivity contribution in [3.8, 4) is 11.1 Å². The van der Waals surface area contributed by atoms with Gasteiger partial charge in [-0.15, -0.1) is 0 Å². The maximum absolute atomic E-state index is 13.8. The van der Waals surface area contributed by atoms with E-state index in [0.717, 1.165) is 36.1 Å². The molecule has 0 unspecified atom stereocenters. The first kappa shape index (κ1) is 14.7. The topological polar surface area (TPSA) is 12.0 Å². The second kappa shape index (κ2) is 7.20. The number of aryl methyl sites for hydroxylation is 1. The first-order chi connectivity index (χ1) is 9.74. The molecular weight excluding hydrogens is 249 g/mol. The Bertz CT molecular complexity index is 563. The lowest BCUT2D eigenvalue weighted by Crippen LogP contribution is -2.14. The van der Waals surface area contributed by atoms with E-state index < -0.39 is 0 Å². The van der Waals surface area contributed by atoms with Crippen LogP contribution in [0.1, 0.15) is 31.4 Å².